The third-order valence-electron chi connectivity index (χ3n) is 3.10. The van der Waals surface area contributed by atoms with Gasteiger partial charge in [-0.3, -0.25) is 10.1 Å². The fraction of sp³-hybridized carbons (Fsp3) is 0.417. The minimum absolute atomic E-state index is 0.182. The summed E-state index contributed by atoms with van der Waals surface area (Å²) in [6.07, 6.45) is 0.500. The maximum absolute atomic E-state index is 11.7. The highest BCUT2D eigenvalue weighted by Gasteiger charge is 2.34. The van der Waals surface area contributed by atoms with E-state index in [9.17, 15) is 4.79 Å². The van der Waals surface area contributed by atoms with Crippen LogP contribution in [0.25, 0.3) is 0 Å². The summed E-state index contributed by atoms with van der Waals surface area (Å²) in [5.74, 6) is 0.182. The largest absolute Gasteiger partial charge is 0.333 e. The molecule has 0 bridgehead atoms. The van der Waals surface area contributed by atoms with Gasteiger partial charge < -0.3 is 4.90 Å². The van der Waals surface area contributed by atoms with Gasteiger partial charge in [-0.25, -0.2) is 0 Å². The van der Waals surface area contributed by atoms with Crippen molar-refractivity contribution in [3.8, 4) is 0 Å². The van der Waals surface area contributed by atoms with Gasteiger partial charge in [0.05, 0.1) is 12.2 Å². The molecule has 1 N–H and O–H groups in total. The third kappa shape index (κ3) is 2.13. The Morgan fingerprint density at radius 3 is 2.88 bits per heavy atom. The number of carbonyl (C=O) groups excluding carboxylic acids is 1. The van der Waals surface area contributed by atoms with Gasteiger partial charge in [0, 0.05) is 17.9 Å². The standard InChI is InChI=1S/C12H15BrN2O/c1-12(7-11(16)15(2)8-14-12)9-4-3-5-10(13)6-9/h3-6,14H,7-8H2,1-2H3/t12-/m0/s1. The predicted octanol–water partition coefficient (Wildman–Crippen LogP) is 2.07. The summed E-state index contributed by atoms with van der Waals surface area (Å²) >= 11 is 3.46. The summed E-state index contributed by atoms with van der Waals surface area (Å²) in [6, 6.07) is 8.10. The van der Waals surface area contributed by atoms with Crippen LogP contribution in [0.5, 0.6) is 0 Å². The van der Waals surface area contributed by atoms with Crippen molar-refractivity contribution in [2.24, 2.45) is 0 Å². The average Bonchev–Trinajstić information content (AvgIpc) is 2.24. The quantitative estimate of drug-likeness (QED) is 0.855. The molecular formula is C12H15BrN2O. The molecule has 1 aliphatic rings. The van der Waals surface area contributed by atoms with Crippen LogP contribution < -0.4 is 5.32 Å². The van der Waals surface area contributed by atoms with Gasteiger partial charge in [0.15, 0.2) is 0 Å². The second-order valence-electron chi connectivity index (χ2n) is 4.45. The molecule has 1 aromatic carbocycles. The van der Waals surface area contributed by atoms with Crippen molar-refractivity contribution >= 4 is 21.8 Å². The van der Waals surface area contributed by atoms with Crippen molar-refractivity contribution < 1.29 is 4.79 Å². The lowest BCUT2D eigenvalue weighted by atomic mass is 9.87. The van der Waals surface area contributed by atoms with Crippen LogP contribution in [0.15, 0.2) is 28.7 Å². The van der Waals surface area contributed by atoms with Crippen molar-refractivity contribution in [1.29, 1.82) is 0 Å². The molecule has 1 fully saturated rings. The lowest BCUT2D eigenvalue weighted by Crippen LogP contribution is -2.54. The lowest BCUT2D eigenvalue weighted by molar-refractivity contribution is -0.135. The molecule has 1 heterocycles. The average molecular weight is 283 g/mol. The van der Waals surface area contributed by atoms with Gasteiger partial charge in [0.1, 0.15) is 0 Å². The first-order valence-electron chi connectivity index (χ1n) is 5.26. The SMILES string of the molecule is CN1CN[C@](C)(c2cccc(Br)c2)CC1=O. The molecule has 3 nitrogen and oxygen atoms in total. The molecule has 1 aliphatic heterocycles. The first-order valence-corrected chi connectivity index (χ1v) is 6.06. The number of hydrogen-bond acceptors (Lipinski definition) is 2. The number of halogens is 1. The second kappa shape index (κ2) is 4.18. The van der Waals surface area contributed by atoms with Crippen LogP contribution in [-0.2, 0) is 10.3 Å². The van der Waals surface area contributed by atoms with Crippen LogP contribution in [0.4, 0.5) is 0 Å². The molecule has 0 aromatic heterocycles. The molecule has 86 valence electrons. The molecule has 0 aliphatic carbocycles. The van der Waals surface area contributed by atoms with Crippen molar-refractivity contribution in [1.82, 2.24) is 10.2 Å². The zero-order valence-electron chi connectivity index (χ0n) is 9.46. The number of benzene rings is 1. The van der Waals surface area contributed by atoms with Crippen LogP contribution in [-0.4, -0.2) is 24.5 Å². The maximum Gasteiger partial charge on any atom is 0.225 e. The minimum atomic E-state index is -0.257. The van der Waals surface area contributed by atoms with E-state index in [2.05, 4.69) is 40.3 Å². The minimum Gasteiger partial charge on any atom is -0.333 e. The van der Waals surface area contributed by atoms with Crippen molar-refractivity contribution in [3.05, 3.63) is 34.3 Å². The van der Waals surface area contributed by atoms with Crippen molar-refractivity contribution in [3.63, 3.8) is 0 Å². The number of carbonyl (C=O) groups is 1. The Balaban J connectivity index is 2.29. The molecule has 1 saturated heterocycles. The highest BCUT2D eigenvalue weighted by Crippen LogP contribution is 2.29. The predicted molar refractivity (Wildman–Crippen MR) is 66.9 cm³/mol. The summed E-state index contributed by atoms with van der Waals surface area (Å²) in [5.41, 5.74) is 0.885. The summed E-state index contributed by atoms with van der Waals surface area (Å²) in [5, 5.41) is 3.40. The molecule has 0 spiro atoms. The van der Waals surface area contributed by atoms with E-state index in [1.165, 1.54) is 0 Å². The molecule has 16 heavy (non-hydrogen) atoms. The topological polar surface area (TPSA) is 32.3 Å². The molecule has 4 heteroatoms. The molecule has 1 amide bonds. The molecule has 1 aromatic rings. The number of rotatable bonds is 1. The Hall–Kier alpha value is -0.870. The first-order chi connectivity index (χ1) is 7.51. The van der Waals surface area contributed by atoms with E-state index in [1.54, 1.807) is 4.90 Å². The van der Waals surface area contributed by atoms with E-state index < -0.39 is 0 Å². The lowest BCUT2D eigenvalue weighted by Gasteiger charge is -2.39. The van der Waals surface area contributed by atoms with Gasteiger partial charge in [-0.1, -0.05) is 28.1 Å². The fourth-order valence-corrected chi connectivity index (χ4v) is 2.32. The second-order valence-corrected chi connectivity index (χ2v) is 5.36. The highest BCUT2D eigenvalue weighted by molar-refractivity contribution is 9.10. The molecule has 0 unspecified atom stereocenters. The van der Waals surface area contributed by atoms with Crippen LogP contribution in [0.1, 0.15) is 18.9 Å². The summed E-state index contributed by atoms with van der Waals surface area (Å²) in [7, 11) is 1.82. The normalized spacial score (nSPS) is 25.9. The Bertz CT molecular complexity index is 421. The van der Waals surface area contributed by atoms with Gasteiger partial charge in [0.2, 0.25) is 5.91 Å². The van der Waals surface area contributed by atoms with Gasteiger partial charge in [-0.15, -0.1) is 0 Å². The van der Waals surface area contributed by atoms with E-state index in [1.807, 2.05) is 19.2 Å². The number of amides is 1. The van der Waals surface area contributed by atoms with Gasteiger partial charge in [-0.2, -0.15) is 0 Å². The Labute approximate surface area is 104 Å². The van der Waals surface area contributed by atoms with E-state index in [0.717, 1.165) is 10.0 Å². The highest BCUT2D eigenvalue weighted by atomic mass is 79.9. The van der Waals surface area contributed by atoms with E-state index >= 15 is 0 Å². The monoisotopic (exact) mass is 282 g/mol. The fourth-order valence-electron chi connectivity index (χ4n) is 1.92. The number of nitrogens with zero attached hydrogens (tertiary/aromatic N) is 1. The first kappa shape index (κ1) is 11.6. The maximum atomic E-state index is 11.7. The van der Waals surface area contributed by atoms with Gasteiger partial charge in [-0.05, 0) is 24.6 Å². The zero-order valence-corrected chi connectivity index (χ0v) is 11.0. The molecule has 0 radical (unpaired) electrons. The van der Waals surface area contributed by atoms with Crippen LogP contribution >= 0.6 is 15.9 Å². The molecular weight excluding hydrogens is 268 g/mol. The van der Waals surface area contributed by atoms with E-state index in [0.29, 0.717) is 13.1 Å². The molecule has 2 rings (SSSR count). The van der Waals surface area contributed by atoms with E-state index in [4.69, 9.17) is 0 Å². The van der Waals surface area contributed by atoms with Crippen LogP contribution in [0.3, 0.4) is 0 Å². The van der Waals surface area contributed by atoms with Crippen molar-refractivity contribution in [2.75, 3.05) is 13.7 Å². The van der Waals surface area contributed by atoms with Gasteiger partial charge in [0.25, 0.3) is 0 Å². The van der Waals surface area contributed by atoms with E-state index in [-0.39, 0.29) is 11.4 Å². The Kier molecular flexibility index (Phi) is 3.04. The summed E-state index contributed by atoms with van der Waals surface area (Å²) in [6.45, 7) is 2.67. The number of nitrogens with one attached hydrogen (secondary N) is 1. The summed E-state index contributed by atoms with van der Waals surface area (Å²) < 4.78 is 1.04. The third-order valence-corrected chi connectivity index (χ3v) is 3.59. The van der Waals surface area contributed by atoms with Crippen molar-refractivity contribution in [2.45, 2.75) is 18.9 Å². The zero-order chi connectivity index (χ0) is 11.8. The van der Waals surface area contributed by atoms with Gasteiger partial charge >= 0.3 is 0 Å². The summed E-state index contributed by atoms with van der Waals surface area (Å²) in [4.78, 5) is 13.5. The molecule has 0 saturated carbocycles. The Morgan fingerprint density at radius 2 is 2.25 bits per heavy atom. The molecule has 1 atom stereocenters. The number of hydrogen-bond donors (Lipinski definition) is 1. The van der Waals surface area contributed by atoms with Crippen LogP contribution in [0.2, 0.25) is 0 Å². The van der Waals surface area contributed by atoms with Crippen LogP contribution in [0, 0.1) is 0 Å². The Morgan fingerprint density at radius 1 is 1.50 bits per heavy atom. The smallest absolute Gasteiger partial charge is 0.225 e.